The summed E-state index contributed by atoms with van der Waals surface area (Å²) in [7, 11) is -4.57. The van der Waals surface area contributed by atoms with Crippen LogP contribution in [0, 0.1) is 0 Å². The SMILES string of the molecule is O=C(CCCCCCCCCCCOOOS(=O)(=O)OO)OO. The second-order valence-corrected chi connectivity index (χ2v) is 5.94. The van der Waals surface area contributed by atoms with E-state index in [1.165, 1.54) is 0 Å². The summed E-state index contributed by atoms with van der Waals surface area (Å²) in [6, 6.07) is 0. The van der Waals surface area contributed by atoms with Crippen LogP contribution >= 0.6 is 0 Å². The van der Waals surface area contributed by atoms with Crippen LogP contribution in [0.1, 0.15) is 64.2 Å². The number of rotatable bonds is 16. The Hall–Kier alpha value is -0.820. The highest BCUT2D eigenvalue weighted by Crippen LogP contribution is 2.11. The average molecular weight is 360 g/mol. The van der Waals surface area contributed by atoms with E-state index in [0.29, 0.717) is 6.42 Å². The van der Waals surface area contributed by atoms with Crippen molar-refractivity contribution in [2.75, 3.05) is 6.61 Å². The molecular weight excluding hydrogens is 336 g/mol. The van der Waals surface area contributed by atoms with Gasteiger partial charge >= 0.3 is 16.4 Å². The molecule has 0 fully saturated rings. The first-order valence-corrected chi connectivity index (χ1v) is 8.75. The van der Waals surface area contributed by atoms with Crippen LogP contribution < -0.4 is 0 Å². The maximum Gasteiger partial charge on any atom is 0.455 e. The molecule has 0 rings (SSSR count). The molecule has 138 valence electrons. The van der Waals surface area contributed by atoms with E-state index in [1.807, 2.05) is 0 Å². The van der Waals surface area contributed by atoms with Crippen molar-refractivity contribution < 1.29 is 47.2 Å². The predicted octanol–water partition coefficient (Wildman–Crippen LogP) is 2.52. The Balaban J connectivity index is 3.15. The van der Waals surface area contributed by atoms with Gasteiger partial charge in [0.25, 0.3) is 0 Å². The fraction of sp³-hybridized carbons (Fsp3) is 0.917. The van der Waals surface area contributed by atoms with Gasteiger partial charge in [-0.2, -0.15) is 13.7 Å². The van der Waals surface area contributed by atoms with Gasteiger partial charge in [0.05, 0.1) is 6.61 Å². The van der Waals surface area contributed by atoms with Gasteiger partial charge in [-0.3, -0.25) is 0 Å². The summed E-state index contributed by atoms with van der Waals surface area (Å²) in [4.78, 5) is 18.6. The van der Waals surface area contributed by atoms with Crippen molar-refractivity contribution >= 4 is 16.4 Å². The molecule has 2 N–H and O–H groups in total. The summed E-state index contributed by atoms with van der Waals surface area (Å²) in [6.45, 7) is 0.155. The molecule has 0 saturated heterocycles. The highest BCUT2D eigenvalue weighted by atomic mass is 32.3. The fourth-order valence-electron chi connectivity index (χ4n) is 1.81. The molecule has 0 saturated carbocycles. The fourth-order valence-corrected chi connectivity index (χ4v) is 1.95. The van der Waals surface area contributed by atoms with Crippen LogP contribution in [-0.2, 0) is 38.7 Å². The molecular formula is C12H24O10S. The number of carbonyl (C=O) groups excluding carboxylic acids is 1. The maximum atomic E-state index is 10.6. The Labute approximate surface area is 135 Å². The molecule has 0 bridgehead atoms. The van der Waals surface area contributed by atoms with Crippen LogP contribution in [-0.4, -0.2) is 31.5 Å². The van der Waals surface area contributed by atoms with E-state index >= 15 is 0 Å². The number of hydrogen-bond donors (Lipinski definition) is 2. The molecule has 0 aromatic carbocycles. The van der Waals surface area contributed by atoms with Crippen LogP contribution in [0.2, 0.25) is 0 Å². The van der Waals surface area contributed by atoms with Gasteiger partial charge in [0, 0.05) is 6.42 Å². The van der Waals surface area contributed by atoms with Gasteiger partial charge in [0.2, 0.25) is 0 Å². The predicted molar refractivity (Wildman–Crippen MR) is 75.6 cm³/mol. The first kappa shape index (κ1) is 22.2. The van der Waals surface area contributed by atoms with E-state index in [-0.39, 0.29) is 13.0 Å². The second-order valence-electron chi connectivity index (χ2n) is 4.84. The zero-order valence-corrected chi connectivity index (χ0v) is 13.7. The summed E-state index contributed by atoms with van der Waals surface area (Å²) < 4.78 is 27.4. The van der Waals surface area contributed by atoms with Crippen LogP contribution in [0.15, 0.2) is 0 Å². The lowest BCUT2D eigenvalue weighted by atomic mass is 10.1. The molecule has 10 nitrogen and oxygen atoms in total. The highest BCUT2D eigenvalue weighted by Gasteiger charge is 2.12. The monoisotopic (exact) mass is 360 g/mol. The van der Waals surface area contributed by atoms with Gasteiger partial charge in [0.1, 0.15) is 0 Å². The third-order valence-electron chi connectivity index (χ3n) is 2.96. The molecule has 0 spiro atoms. The molecule has 0 aromatic heterocycles. The molecule has 0 radical (unpaired) electrons. The number of unbranched alkanes of at least 4 members (excludes halogenated alkanes) is 8. The molecule has 0 aliphatic heterocycles. The quantitative estimate of drug-likeness (QED) is 0.240. The molecule has 0 amide bonds. The minimum Gasteiger partial charge on any atom is -0.301 e. The Morgan fingerprint density at radius 1 is 0.826 bits per heavy atom. The van der Waals surface area contributed by atoms with Gasteiger partial charge in [-0.25, -0.2) is 14.9 Å². The summed E-state index contributed by atoms with van der Waals surface area (Å²) >= 11 is 0. The van der Waals surface area contributed by atoms with Gasteiger partial charge in [-0.15, -0.1) is 0 Å². The normalized spacial score (nSPS) is 11.6. The average Bonchev–Trinajstić information content (AvgIpc) is 2.54. The molecule has 0 aliphatic rings. The lowest BCUT2D eigenvalue weighted by Gasteiger charge is -2.03. The van der Waals surface area contributed by atoms with Crippen molar-refractivity contribution in [1.82, 2.24) is 0 Å². The van der Waals surface area contributed by atoms with Crippen LogP contribution in [0.25, 0.3) is 0 Å². The third-order valence-corrected chi connectivity index (χ3v) is 3.37. The molecule has 11 heteroatoms. The van der Waals surface area contributed by atoms with E-state index in [4.69, 9.17) is 10.5 Å². The summed E-state index contributed by atoms with van der Waals surface area (Å²) in [5, 5.41) is 19.8. The summed E-state index contributed by atoms with van der Waals surface area (Å²) in [6.07, 6.45) is 8.76. The minimum atomic E-state index is -4.57. The van der Waals surface area contributed by atoms with Gasteiger partial charge < -0.3 is 4.89 Å². The Bertz CT molecular complexity index is 383. The summed E-state index contributed by atoms with van der Waals surface area (Å²) in [5.74, 6) is -0.594. The topological polar surface area (TPSA) is 138 Å². The minimum absolute atomic E-state index is 0.155. The standard InChI is InChI=1S/C12H24O10S/c13-12(19-14)10-8-6-4-2-1-3-5-7-9-11-18-21-22-23(16,17)20-15/h14-15H,1-11H2. The molecule has 0 aliphatic carbocycles. The van der Waals surface area contributed by atoms with E-state index < -0.39 is 16.4 Å². The van der Waals surface area contributed by atoms with Gasteiger partial charge in [-0.1, -0.05) is 53.6 Å². The van der Waals surface area contributed by atoms with Crippen molar-refractivity contribution in [1.29, 1.82) is 0 Å². The molecule has 23 heavy (non-hydrogen) atoms. The zero-order chi connectivity index (χ0) is 17.4. The van der Waals surface area contributed by atoms with Crippen molar-refractivity contribution in [3.05, 3.63) is 0 Å². The Morgan fingerprint density at radius 2 is 1.35 bits per heavy atom. The Kier molecular flexibility index (Phi) is 14.2. The van der Waals surface area contributed by atoms with Crippen molar-refractivity contribution in [2.45, 2.75) is 64.2 Å². The second kappa shape index (κ2) is 14.8. The lowest BCUT2D eigenvalue weighted by Crippen LogP contribution is -2.09. The van der Waals surface area contributed by atoms with E-state index in [1.54, 1.807) is 0 Å². The molecule has 0 unspecified atom stereocenters. The largest absolute Gasteiger partial charge is 0.455 e. The van der Waals surface area contributed by atoms with Crippen LogP contribution in [0.4, 0.5) is 0 Å². The highest BCUT2D eigenvalue weighted by molar-refractivity contribution is 7.81. The molecule has 0 heterocycles. The van der Waals surface area contributed by atoms with E-state index in [2.05, 4.69) is 23.5 Å². The molecule has 0 aromatic rings. The maximum absolute atomic E-state index is 10.6. The Morgan fingerprint density at radius 3 is 1.87 bits per heavy atom. The third kappa shape index (κ3) is 15.8. The summed E-state index contributed by atoms with van der Waals surface area (Å²) in [5.41, 5.74) is 0. The van der Waals surface area contributed by atoms with Crippen LogP contribution in [0.3, 0.4) is 0 Å². The van der Waals surface area contributed by atoms with E-state index in [0.717, 1.165) is 51.4 Å². The first-order valence-electron chi connectivity index (χ1n) is 7.42. The van der Waals surface area contributed by atoms with E-state index in [9.17, 15) is 13.2 Å². The van der Waals surface area contributed by atoms with Crippen LogP contribution in [0.5, 0.6) is 0 Å². The number of hydrogen-bond acceptors (Lipinski definition) is 10. The number of carbonyl (C=O) groups is 1. The smallest absolute Gasteiger partial charge is 0.301 e. The van der Waals surface area contributed by atoms with Gasteiger partial charge in [-0.05, 0) is 17.9 Å². The van der Waals surface area contributed by atoms with Crippen molar-refractivity contribution in [2.24, 2.45) is 0 Å². The van der Waals surface area contributed by atoms with Gasteiger partial charge in [0.15, 0.2) is 0 Å². The lowest BCUT2D eigenvalue weighted by molar-refractivity contribution is -0.470. The van der Waals surface area contributed by atoms with Crippen molar-refractivity contribution in [3.63, 3.8) is 0 Å². The zero-order valence-electron chi connectivity index (χ0n) is 12.8. The van der Waals surface area contributed by atoms with Crippen molar-refractivity contribution in [3.8, 4) is 0 Å². The first-order chi connectivity index (χ1) is 11.0. The molecule has 0 atom stereocenters.